The van der Waals surface area contributed by atoms with Crippen molar-refractivity contribution in [3.63, 3.8) is 0 Å². The van der Waals surface area contributed by atoms with Crippen molar-refractivity contribution >= 4 is 11.5 Å². The van der Waals surface area contributed by atoms with Crippen LogP contribution >= 0.6 is 0 Å². The number of hydrogen-bond donors (Lipinski definition) is 0. The zero-order chi connectivity index (χ0) is 20.9. The van der Waals surface area contributed by atoms with Gasteiger partial charge in [0.1, 0.15) is 0 Å². The van der Waals surface area contributed by atoms with E-state index in [4.69, 9.17) is 0 Å². The molecule has 0 amide bonds. The van der Waals surface area contributed by atoms with Gasteiger partial charge in [0.2, 0.25) is 0 Å². The summed E-state index contributed by atoms with van der Waals surface area (Å²) < 4.78 is 2.63. The summed E-state index contributed by atoms with van der Waals surface area (Å²) in [5.41, 5.74) is 12.0. The molecule has 0 fully saturated rings. The number of benzene rings is 2. The maximum absolute atomic E-state index is 2.60. The van der Waals surface area contributed by atoms with Crippen molar-refractivity contribution in [1.82, 2.24) is 0 Å². The van der Waals surface area contributed by atoms with Crippen LogP contribution < -0.4 is 24.8 Å². The van der Waals surface area contributed by atoms with Gasteiger partial charge in [-0.25, -0.2) is 0 Å². The van der Waals surface area contributed by atoms with Crippen LogP contribution in [0.15, 0.2) is 74.1 Å². The van der Waals surface area contributed by atoms with E-state index in [1.807, 2.05) is 3.28 Å². The number of halogens is 2. The van der Waals surface area contributed by atoms with E-state index < -0.39 is 20.4 Å². The van der Waals surface area contributed by atoms with Crippen LogP contribution in [0.4, 0.5) is 0 Å². The predicted molar refractivity (Wildman–Crippen MR) is 126 cm³/mol. The topological polar surface area (TPSA) is 0 Å². The standard InChI is InChI=1S/C16H13.C9H13.C2H6Si.2ClH.Zr/c1-12-10-14-8-5-9-15(16(14)11-12)13-6-3-2-4-7-13;1-6-5-7(2)9(4)8(6)3;1-3-2;;;/h2-11H,1H3;6H,1-4H3;1-2H3;2*1H;/q;;;;;+2/p-2. The maximum atomic E-state index is 2.60. The third-order valence-electron chi connectivity index (χ3n) is 7.12. The van der Waals surface area contributed by atoms with Gasteiger partial charge in [0.25, 0.3) is 0 Å². The SMILES string of the molecule is CC1=Cc2c(-c3ccccc3)cccc2[CH]1[Zr+2]([C]1=C(C)C(C)=C(C)C1C)=[Si](C)C.[Cl-].[Cl-]. The van der Waals surface area contributed by atoms with Gasteiger partial charge in [-0.05, 0) is 0 Å². The zero-order valence-electron chi connectivity index (χ0n) is 19.6. The zero-order valence-corrected chi connectivity index (χ0v) is 24.6. The Kier molecular flexibility index (Phi) is 9.02. The molecule has 0 nitrogen and oxygen atoms in total. The fraction of sp³-hybridized carbons (Fsp3) is 0.333. The van der Waals surface area contributed by atoms with E-state index in [1.165, 1.54) is 16.7 Å². The van der Waals surface area contributed by atoms with Gasteiger partial charge in [-0.3, -0.25) is 0 Å². The van der Waals surface area contributed by atoms with E-state index in [0.29, 0.717) is 9.54 Å². The first-order valence-corrected chi connectivity index (χ1v) is 19.6. The Morgan fingerprint density at radius 1 is 0.806 bits per heavy atom. The normalized spacial score (nSPS) is 19.2. The van der Waals surface area contributed by atoms with Crippen LogP contribution in [-0.2, 0) is 20.4 Å². The van der Waals surface area contributed by atoms with Crippen LogP contribution in [0.2, 0.25) is 13.1 Å². The van der Waals surface area contributed by atoms with Gasteiger partial charge in [0.15, 0.2) is 0 Å². The molecule has 162 valence electrons. The Balaban J connectivity index is 0.00000171. The minimum Gasteiger partial charge on any atom is -1.00 e. The molecule has 2 aliphatic carbocycles. The van der Waals surface area contributed by atoms with E-state index in [0.717, 1.165) is 0 Å². The maximum Gasteiger partial charge on any atom is -1.00 e. The van der Waals surface area contributed by atoms with E-state index in [2.05, 4.69) is 102 Å². The molecule has 2 aliphatic rings. The third kappa shape index (κ3) is 4.56. The molecule has 4 rings (SSSR count). The minimum atomic E-state index is -1.89. The first kappa shape index (κ1) is 26.6. The summed E-state index contributed by atoms with van der Waals surface area (Å²) in [7, 11) is 0. The average Bonchev–Trinajstić information content (AvgIpc) is 3.13. The van der Waals surface area contributed by atoms with Crippen molar-refractivity contribution in [3.05, 3.63) is 85.2 Å². The molecule has 2 aromatic carbocycles. The van der Waals surface area contributed by atoms with Crippen molar-refractivity contribution in [2.24, 2.45) is 5.92 Å². The first-order valence-electron chi connectivity index (χ1n) is 10.8. The fourth-order valence-corrected chi connectivity index (χ4v) is 25.9. The Hall–Kier alpha value is -0.660. The Bertz CT molecular complexity index is 1120. The van der Waals surface area contributed by atoms with Crippen LogP contribution in [-0.4, -0.2) is 5.43 Å². The van der Waals surface area contributed by atoms with Crippen LogP contribution in [0.1, 0.15) is 49.4 Å². The molecule has 0 spiro atoms. The van der Waals surface area contributed by atoms with E-state index in [1.54, 1.807) is 27.9 Å². The average molecular weight is 547 g/mol. The molecule has 0 saturated carbocycles. The Morgan fingerprint density at radius 3 is 2.00 bits per heavy atom. The molecule has 0 aliphatic heterocycles. The van der Waals surface area contributed by atoms with Crippen LogP contribution in [0.5, 0.6) is 0 Å². The summed E-state index contributed by atoms with van der Waals surface area (Å²) in [6.45, 7) is 17.2. The van der Waals surface area contributed by atoms with E-state index >= 15 is 0 Å². The number of allylic oxidation sites excluding steroid dienone is 5. The van der Waals surface area contributed by atoms with Gasteiger partial charge in [0.05, 0.1) is 0 Å². The van der Waals surface area contributed by atoms with Gasteiger partial charge in [-0.15, -0.1) is 0 Å². The molecule has 0 radical (unpaired) electrons. The minimum absolute atomic E-state index is 0. The smallest absolute Gasteiger partial charge is 1.00 e. The second kappa shape index (κ2) is 10.5. The largest absolute Gasteiger partial charge is 1.00 e. The molecular weight excluding hydrogens is 515 g/mol. The van der Waals surface area contributed by atoms with Crippen molar-refractivity contribution < 1.29 is 45.2 Å². The third-order valence-corrected chi connectivity index (χ3v) is 26.2. The van der Waals surface area contributed by atoms with Gasteiger partial charge in [-0.1, -0.05) is 0 Å². The van der Waals surface area contributed by atoms with E-state index in [-0.39, 0.29) is 30.2 Å². The van der Waals surface area contributed by atoms with Crippen molar-refractivity contribution in [2.45, 2.75) is 51.3 Å². The Labute approximate surface area is 209 Å². The summed E-state index contributed by atoms with van der Waals surface area (Å²) in [5, 5.41) is 0. The van der Waals surface area contributed by atoms with Crippen molar-refractivity contribution in [2.75, 3.05) is 0 Å². The molecule has 2 aromatic rings. The van der Waals surface area contributed by atoms with Gasteiger partial charge in [-0.2, -0.15) is 0 Å². The molecule has 4 heteroatoms. The quantitative estimate of drug-likeness (QED) is 0.517. The van der Waals surface area contributed by atoms with E-state index in [9.17, 15) is 0 Å². The first-order chi connectivity index (χ1) is 13.8. The molecular formula is C27H32Cl2SiZr. The summed E-state index contributed by atoms with van der Waals surface area (Å²) in [6.07, 6.45) is 2.52. The monoisotopic (exact) mass is 544 g/mol. The molecule has 0 N–H and O–H groups in total. The van der Waals surface area contributed by atoms with Crippen molar-refractivity contribution in [1.29, 1.82) is 0 Å². The van der Waals surface area contributed by atoms with Crippen LogP contribution in [0.25, 0.3) is 17.2 Å². The molecule has 2 atom stereocenters. The van der Waals surface area contributed by atoms with Crippen LogP contribution in [0.3, 0.4) is 0 Å². The van der Waals surface area contributed by atoms with Gasteiger partial charge in [0, 0.05) is 0 Å². The molecule has 0 bridgehead atoms. The van der Waals surface area contributed by atoms with Crippen LogP contribution in [0, 0.1) is 5.92 Å². The summed E-state index contributed by atoms with van der Waals surface area (Å²) in [5.74, 6) is 0.665. The van der Waals surface area contributed by atoms with Gasteiger partial charge < -0.3 is 24.8 Å². The number of rotatable bonds is 3. The Morgan fingerprint density at radius 2 is 1.45 bits per heavy atom. The molecule has 0 heterocycles. The number of hydrogen-bond acceptors (Lipinski definition) is 0. The second-order valence-corrected chi connectivity index (χ2v) is 26.3. The molecule has 0 aromatic heterocycles. The summed E-state index contributed by atoms with van der Waals surface area (Å²) in [4.78, 5) is 0. The number of fused-ring (bicyclic) bond motifs is 1. The second-order valence-electron chi connectivity index (χ2n) is 8.98. The van der Waals surface area contributed by atoms with Gasteiger partial charge >= 0.3 is 185 Å². The fourth-order valence-electron chi connectivity index (χ4n) is 5.32. The summed E-state index contributed by atoms with van der Waals surface area (Å²) >= 11 is -1.89. The summed E-state index contributed by atoms with van der Waals surface area (Å²) in [6, 6.07) is 18.0. The molecule has 0 saturated heterocycles. The molecule has 31 heavy (non-hydrogen) atoms. The predicted octanol–water partition coefficient (Wildman–Crippen LogP) is 1.95. The molecule has 2 unspecified atom stereocenters. The van der Waals surface area contributed by atoms with Crippen molar-refractivity contribution in [3.8, 4) is 11.1 Å².